The van der Waals surface area contributed by atoms with E-state index in [-0.39, 0.29) is 5.58 Å². The topological polar surface area (TPSA) is 30.2 Å². The maximum atomic E-state index is 12.9. The number of ketones is 1. The van der Waals surface area contributed by atoms with Gasteiger partial charge in [-0.15, -0.1) is 0 Å². The molecule has 0 atom stereocenters. The summed E-state index contributed by atoms with van der Waals surface area (Å²) < 4.78 is 54.7. The molecule has 96 valence electrons. The molecule has 0 bridgehead atoms. The molecule has 0 aliphatic heterocycles. The Balaban J connectivity index is 2.46. The van der Waals surface area contributed by atoms with E-state index in [0.717, 1.165) is 11.6 Å². The molecule has 0 aliphatic carbocycles. The summed E-state index contributed by atoms with van der Waals surface area (Å²) in [6.45, 7) is 1.77. The van der Waals surface area contributed by atoms with Crippen molar-refractivity contribution in [2.24, 2.45) is 0 Å². The quantitative estimate of drug-likeness (QED) is 0.620. The Labute approximate surface area is 99.2 Å². The minimum atomic E-state index is -4.73. The van der Waals surface area contributed by atoms with Gasteiger partial charge in [0.05, 0.1) is 0 Å². The number of halogens is 4. The number of hydrogen-bond donors (Lipinski definition) is 0. The summed E-state index contributed by atoms with van der Waals surface area (Å²) in [4.78, 5) is 11.2. The van der Waals surface area contributed by atoms with Gasteiger partial charge in [-0.1, -0.05) is 11.6 Å². The molecule has 1 aromatic carbocycles. The molecule has 2 nitrogen and oxygen atoms in total. The highest BCUT2D eigenvalue weighted by Gasteiger charge is 2.50. The van der Waals surface area contributed by atoms with Crippen LogP contribution in [-0.4, -0.2) is 18.1 Å². The van der Waals surface area contributed by atoms with E-state index in [9.17, 15) is 22.4 Å². The number of hydrogen-bond acceptors (Lipinski definition) is 2. The molecule has 6 heteroatoms. The highest BCUT2D eigenvalue weighted by Crippen LogP contribution is 2.30. The summed E-state index contributed by atoms with van der Waals surface area (Å²) in [5.74, 6) is -7.50. The predicted octanol–water partition coefficient (Wildman–Crippen LogP) is 3.82. The van der Waals surface area contributed by atoms with Crippen molar-refractivity contribution in [3.8, 4) is 0 Å². The summed E-state index contributed by atoms with van der Waals surface area (Å²) in [6, 6.07) is 5.80. The second-order valence-corrected chi connectivity index (χ2v) is 3.90. The van der Waals surface area contributed by atoms with Gasteiger partial charge in [0.25, 0.3) is 5.78 Å². The van der Waals surface area contributed by atoms with E-state index in [2.05, 4.69) is 0 Å². The van der Waals surface area contributed by atoms with Crippen LogP contribution in [-0.2, 0) is 0 Å². The van der Waals surface area contributed by atoms with E-state index in [1.807, 2.05) is 0 Å². The lowest BCUT2D eigenvalue weighted by atomic mass is 10.1. The van der Waals surface area contributed by atoms with Gasteiger partial charge in [-0.3, -0.25) is 4.79 Å². The third kappa shape index (κ3) is 1.98. The first-order valence-electron chi connectivity index (χ1n) is 5.03. The Hall–Kier alpha value is -1.85. The smallest absolute Gasteiger partial charge is 0.372 e. The van der Waals surface area contributed by atoms with E-state index >= 15 is 0 Å². The van der Waals surface area contributed by atoms with E-state index in [0.29, 0.717) is 5.39 Å². The Morgan fingerprint density at radius 2 is 1.94 bits per heavy atom. The number of furan rings is 1. The maximum absolute atomic E-state index is 12.9. The molecule has 2 aromatic rings. The van der Waals surface area contributed by atoms with Crippen LogP contribution in [0, 0.1) is 6.92 Å². The van der Waals surface area contributed by atoms with Crippen molar-refractivity contribution in [3.63, 3.8) is 0 Å². The first-order valence-corrected chi connectivity index (χ1v) is 5.03. The van der Waals surface area contributed by atoms with E-state index < -0.39 is 23.9 Å². The number of aryl methyl sites for hydroxylation is 1. The molecule has 0 saturated carbocycles. The molecule has 1 heterocycles. The Morgan fingerprint density at radius 3 is 2.56 bits per heavy atom. The summed E-state index contributed by atoms with van der Waals surface area (Å²) in [5.41, 5.74) is 1.04. The predicted molar refractivity (Wildman–Crippen MR) is 56.2 cm³/mol. The molecule has 2 rings (SSSR count). The maximum Gasteiger partial charge on any atom is 0.372 e. The van der Waals surface area contributed by atoms with Crippen LogP contribution in [0.1, 0.15) is 16.1 Å². The Bertz CT molecular complexity index is 601. The van der Waals surface area contributed by atoms with Crippen LogP contribution < -0.4 is 0 Å². The van der Waals surface area contributed by atoms with Gasteiger partial charge in [-0.05, 0) is 25.1 Å². The van der Waals surface area contributed by atoms with Crippen LogP contribution in [0.3, 0.4) is 0 Å². The fourth-order valence-electron chi connectivity index (χ4n) is 1.54. The molecule has 0 N–H and O–H groups in total. The number of fused-ring (bicyclic) bond motifs is 1. The van der Waals surface area contributed by atoms with Crippen LogP contribution in [0.25, 0.3) is 11.0 Å². The monoisotopic (exact) mass is 260 g/mol. The minimum absolute atomic E-state index is 0.203. The van der Waals surface area contributed by atoms with Crippen molar-refractivity contribution < 1.29 is 26.8 Å². The molecule has 1 aromatic heterocycles. The van der Waals surface area contributed by atoms with Crippen LogP contribution in [0.4, 0.5) is 17.6 Å². The van der Waals surface area contributed by atoms with Crippen molar-refractivity contribution in [2.45, 2.75) is 19.3 Å². The van der Waals surface area contributed by atoms with Gasteiger partial charge >= 0.3 is 12.3 Å². The molecule has 0 aliphatic rings. The van der Waals surface area contributed by atoms with Gasteiger partial charge in [0.2, 0.25) is 0 Å². The molecule has 0 saturated heterocycles. The molecule has 0 unspecified atom stereocenters. The van der Waals surface area contributed by atoms with Crippen molar-refractivity contribution in [1.29, 1.82) is 0 Å². The number of alkyl halides is 4. The van der Waals surface area contributed by atoms with Gasteiger partial charge < -0.3 is 4.42 Å². The molecule has 0 amide bonds. The minimum Gasteiger partial charge on any atom is -0.453 e. The first-order chi connectivity index (χ1) is 8.32. The molecule has 0 spiro atoms. The van der Waals surface area contributed by atoms with Crippen molar-refractivity contribution >= 4 is 16.8 Å². The Morgan fingerprint density at radius 1 is 1.28 bits per heavy atom. The number of carbonyl (C=O) groups is 1. The van der Waals surface area contributed by atoms with Gasteiger partial charge in [0.1, 0.15) is 5.58 Å². The highest BCUT2D eigenvalue weighted by molar-refractivity contribution is 6.02. The average Bonchev–Trinajstić information content (AvgIpc) is 2.70. The largest absolute Gasteiger partial charge is 0.453 e. The lowest BCUT2D eigenvalue weighted by Gasteiger charge is -2.11. The van der Waals surface area contributed by atoms with E-state index in [1.165, 1.54) is 6.07 Å². The summed E-state index contributed by atoms with van der Waals surface area (Å²) >= 11 is 0. The second-order valence-electron chi connectivity index (χ2n) is 3.90. The Kier molecular flexibility index (Phi) is 2.88. The summed E-state index contributed by atoms with van der Waals surface area (Å²) in [7, 11) is 0. The second kappa shape index (κ2) is 4.12. The number of carbonyl (C=O) groups excluding carboxylic acids is 1. The van der Waals surface area contributed by atoms with Gasteiger partial charge in [0, 0.05) is 5.39 Å². The first kappa shape index (κ1) is 12.6. The number of Topliss-reactive ketones (excluding diaryl/α,β-unsaturated/α-hetero) is 1. The number of benzene rings is 1. The fourth-order valence-corrected chi connectivity index (χ4v) is 1.54. The molecule has 18 heavy (non-hydrogen) atoms. The van der Waals surface area contributed by atoms with Crippen LogP contribution >= 0.6 is 0 Å². The zero-order valence-corrected chi connectivity index (χ0v) is 9.22. The van der Waals surface area contributed by atoms with Crippen molar-refractivity contribution in [2.75, 3.05) is 0 Å². The van der Waals surface area contributed by atoms with E-state index in [4.69, 9.17) is 4.42 Å². The fraction of sp³-hybridized carbons (Fsp3) is 0.250. The normalized spacial score (nSPS) is 12.3. The third-order valence-corrected chi connectivity index (χ3v) is 2.47. The summed E-state index contributed by atoms with van der Waals surface area (Å²) in [5, 5.41) is 0.420. The molecular formula is C12H8F4O2. The van der Waals surface area contributed by atoms with Crippen LogP contribution in [0.2, 0.25) is 0 Å². The van der Waals surface area contributed by atoms with E-state index in [1.54, 1.807) is 19.1 Å². The summed E-state index contributed by atoms with van der Waals surface area (Å²) in [6.07, 6.45) is -4.06. The third-order valence-electron chi connectivity index (χ3n) is 2.47. The van der Waals surface area contributed by atoms with Crippen LogP contribution in [0.5, 0.6) is 0 Å². The zero-order chi connectivity index (χ0) is 13.5. The zero-order valence-electron chi connectivity index (χ0n) is 9.22. The molecule has 0 fully saturated rings. The average molecular weight is 260 g/mol. The van der Waals surface area contributed by atoms with Crippen molar-refractivity contribution in [3.05, 3.63) is 35.6 Å². The lowest BCUT2D eigenvalue weighted by Crippen LogP contribution is -2.36. The SMILES string of the molecule is Cc1ccc2oc(C(=O)C(F)(F)C(F)F)cc2c1. The highest BCUT2D eigenvalue weighted by atomic mass is 19.3. The van der Waals surface area contributed by atoms with Crippen molar-refractivity contribution in [1.82, 2.24) is 0 Å². The lowest BCUT2D eigenvalue weighted by molar-refractivity contribution is -0.0968. The van der Waals surface area contributed by atoms with Crippen LogP contribution in [0.15, 0.2) is 28.7 Å². The van der Waals surface area contributed by atoms with Gasteiger partial charge in [0.15, 0.2) is 5.76 Å². The molecular weight excluding hydrogens is 252 g/mol. The molecule has 0 radical (unpaired) electrons. The van der Waals surface area contributed by atoms with Gasteiger partial charge in [-0.2, -0.15) is 8.78 Å². The number of rotatable bonds is 3. The standard InChI is InChI=1S/C12H8F4O2/c1-6-2-3-8-7(4-6)5-9(18-8)10(17)12(15,16)11(13)14/h2-5,11H,1H3. The van der Waals surface area contributed by atoms with Gasteiger partial charge in [-0.25, -0.2) is 8.78 Å².